The van der Waals surface area contributed by atoms with Crippen LogP contribution in [-0.4, -0.2) is 55.2 Å². The van der Waals surface area contributed by atoms with Gasteiger partial charge in [-0.15, -0.1) is 0 Å². The second kappa shape index (κ2) is 7.51. The molecule has 1 aromatic carbocycles. The first-order chi connectivity index (χ1) is 18.0. The molecule has 3 unspecified atom stereocenters. The lowest BCUT2D eigenvalue weighted by atomic mass is 10.0. The molecule has 1 aliphatic heterocycles. The number of ether oxygens (including phenoxy) is 1. The molecule has 11 heteroatoms. The van der Waals surface area contributed by atoms with Gasteiger partial charge in [0.25, 0.3) is 0 Å². The summed E-state index contributed by atoms with van der Waals surface area (Å²) in [7, 11) is 1.77. The number of aromatic amines is 1. The van der Waals surface area contributed by atoms with Gasteiger partial charge in [-0.3, -0.25) is 0 Å². The van der Waals surface area contributed by atoms with E-state index in [1.165, 1.54) is 25.0 Å². The predicted molar refractivity (Wildman–Crippen MR) is 138 cm³/mol. The molecule has 188 valence electrons. The van der Waals surface area contributed by atoms with Gasteiger partial charge in [0.05, 0.1) is 34.7 Å². The lowest BCUT2D eigenvalue weighted by molar-refractivity contribution is 0.435. The van der Waals surface area contributed by atoms with Crippen molar-refractivity contribution >= 4 is 39.1 Å². The van der Waals surface area contributed by atoms with Gasteiger partial charge in [-0.1, -0.05) is 0 Å². The quantitative estimate of drug-likeness (QED) is 0.333. The van der Waals surface area contributed by atoms with Crippen molar-refractivity contribution in [1.82, 2.24) is 29.5 Å². The molecule has 10 nitrogen and oxygen atoms in total. The largest absolute Gasteiger partial charge is 0.421 e. The maximum atomic E-state index is 14.6. The molecule has 1 saturated heterocycles. The summed E-state index contributed by atoms with van der Waals surface area (Å²) in [6.45, 7) is 0.809. The molecular formula is C26H26FN9O. The number of nitrogens with two attached hydrogens (primary N) is 1. The van der Waals surface area contributed by atoms with Gasteiger partial charge in [0, 0.05) is 43.0 Å². The van der Waals surface area contributed by atoms with E-state index < -0.39 is 0 Å². The van der Waals surface area contributed by atoms with Gasteiger partial charge in [0.15, 0.2) is 11.4 Å². The minimum atomic E-state index is -0.321. The molecule has 8 rings (SSSR count). The number of piperidine rings is 1. The van der Waals surface area contributed by atoms with Gasteiger partial charge in [-0.05, 0) is 43.7 Å². The summed E-state index contributed by atoms with van der Waals surface area (Å²) < 4.78 is 22.5. The smallest absolute Gasteiger partial charge is 0.326 e. The van der Waals surface area contributed by atoms with E-state index in [1.54, 1.807) is 24.0 Å². The van der Waals surface area contributed by atoms with E-state index in [-0.39, 0.29) is 23.9 Å². The number of halogens is 1. The van der Waals surface area contributed by atoms with Gasteiger partial charge in [0.2, 0.25) is 0 Å². The van der Waals surface area contributed by atoms with Gasteiger partial charge < -0.3 is 25.7 Å². The van der Waals surface area contributed by atoms with Crippen molar-refractivity contribution < 1.29 is 9.13 Å². The van der Waals surface area contributed by atoms with Crippen molar-refractivity contribution in [1.29, 1.82) is 0 Å². The molecule has 4 aromatic heterocycles. The summed E-state index contributed by atoms with van der Waals surface area (Å²) in [5.74, 6) is 1.87. The predicted octanol–water partition coefficient (Wildman–Crippen LogP) is 3.93. The normalized spacial score (nSPS) is 23.1. The molecule has 0 spiro atoms. The van der Waals surface area contributed by atoms with Crippen molar-refractivity contribution in [3.05, 3.63) is 42.1 Å². The van der Waals surface area contributed by atoms with Crippen LogP contribution < -0.4 is 20.7 Å². The highest BCUT2D eigenvalue weighted by atomic mass is 19.1. The fourth-order valence-electron chi connectivity index (χ4n) is 6.14. The van der Waals surface area contributed by atoms with Crippen LogP contribution in [0.3, 0.4) is 0 Å². The van der Waals surface area contributed by atoms with Crippen LogP contribution in [0.2, 0.25) is 0 Å². The summed E-state index contributed by atoms with van der Waals surface area (Å²) in [5, 5.41) is 9.26. The van der Waals surface area contributed by atoms with Crippen LogP contribution in [0.5, 0.6) is 11.8 Å². The van der Waals surface area contributed by atoms with Crippen LogP contribution in [0.15, 0.2) is 30.6 Å². The number of H-pyrrole nitrogens is 1. The second-order valence-electron chi connectivity index (χ2n) is 10.5. The lowest BCUT2D eigenvalue weighted by Gasteiger charge is -2.31. The minimum absolute atomic E-state index is 0.198. The summed E-state index contributed by atoms with van der Waals surface area (Å²) in [6, 6.07) is 5.73. The van der Waals surface area contributed by atoms with Crippen LogP contribution in [0.25, 0.3) is 27.6 Å². The molecule has 2 aliphatic carbocycles. The van der Waals surface area contributed by atoms with Crippen LogP contribution in [0, 0.1) is 11.7 Å². The summed E-state index contributed by atoms with van der Waals surface area (Å²) in [4.78, 5) is 19.8. The van der Waals surface area contributed by atoms with Crippen molar-refractivity contribution in [2.45, 2.75) is 43.7 Å². The van der Waals surface area contributed by atoms with Crippen LogP contribution in [0.1, 0.15) is 37.3 Å². The van der Waals surface area contributed by atoms with E-state index in [1.807, 2.05) is 6.07 Å². The fourth-order valence-corrected chi connectivity index (χ4v) is 6.14. The summed E-state index contributed by atoms with van der Waals surface area (Å²) >= 11 is 0. The third kappa shape index (κ3) is 3.26. The SMILES string of the molecule is CNc1cc(F)cc2c1[nH]c1nc(Oc3cnc4cc(C5CC5)nn4c3)nc(N3CC4CC3CC4N)c12. The lowest BCUT2D eigenvalue weighted by Crippen LogP contribution is -2.41. The zero-order valence-corrected chi connectivity index (χ0v) is 20.3. The Kier molecular flexibility index (Phi) is 4.29. The minimum Gasteiger partial charge on any atom is -0.421 e. The molecule has 4 N–H and O–H groups in total. The van der Waals surface area contributed by atoms with Crippen molar-refractivity contribution in [2.24, 2.45) is 11.7 Å². The fraction of sp³-hybridized carbons (Fsp3) is 0.385. The molecule has 0 radical (unpaired) electrons. The Balaban J connectivity index is 1.26. The Hall–Kier alpha value is -3.99. The summed E-state index contributed by atoms with van der Waals surface area (Å²) in [6.07, 6.45) is 7.77. The molecule has 0 amide bonds. The zero-order valence-electron chi connectivity index (χ0n) is 20.3. The van der Waals surface area contributed by atoms with Gasteiger partial charge in [-0.2, -0.15) is 15.1 Å². The van der Waals surface area contributed by atoms with Crippen LogP contribution in [-0.2, 0) is 0 Å². The van der Waals surface area contributed by atoms with Crippen molar-refractivity contribution in [3.63, 3.8) is 0 Å². The molecule has 2 bridgehead atoms. The number of nitrogens with zero attached hydrogens (tertiary/aromatic N) is 6. The number of benzene rings is 1. The number of hydrogen-bond acceptors (Lipinski definition) is 8. The van der Waals surface area contributed by atoms with E-state index in [2.05, 4.69) is 25.3 Å². The van der Waals surface area contributed by atoms with E-state index >= 15 is 0 Å². The number of rotatable bonds is 5. The number of aromatic nitrogens is 6. The molecular weight excluding hydrogens is 473 g/mol. The van der Waals surface area contributed by atoms with Gasteiger partial charge in [-0.25, -0.2) is 13.9 Å². The Morgan fingerprint density at radius 1 is 1.19 bits per heavy atom. The second-order valence-corrected chi connectivity index (χ2v) is 10.5. The van der Waals surface area contributed by atoms with E-state index in [0.717, 1.165) is 52.8 Å². The van der Waals surface area contributed by atoms with E-state index in [0.29, 0.717) is 28.9 Å². The average molecular weight is 500 g/mol. The Morgan fingerprint density at radius 3 is 2.84 bits per heavy atom. The maximum absolute atomic E-state index is 14.6. The summed E-state index contributed by atoms with van der Waals surface area (Å²) in [5.41, 5.74) is 10.2. The molecule has 2 saturated carbocycles. The average Bonchev–Trinajstić information content (AvgIpc) is 3.19. The number of nitrogens with one attached hydrogen (secondary N) is 2. The van der Waals surface area contributed by atoms with Crippen LogP contribution >= 0.6 is 0 Å². The highest BCUT2D eigenvalue weighted by molar-refractivity contribution is 6.14. The monoisotopic (exact) mass is 499 g/mol. The van der Waals surface area contributed by atoms with E-state index in [9.17, 15) is 4.39 Å². The Bertz CT molecular complexity index is 1710. The topological polar surface area (TPSA) is 122 Å². The maximum Gasteiger partial charge on any atom is 0.326 e. The number of anilines is 2. The molecule has 3 atom stereocenters. The first-order valence-electron chi connectivity index (χ1n) is 12.8. The molecule has 5 heterocycles. The number of fused-ring (bicyclic) bond motifs is 6. The first kappa shape index (κ1) is 21.1. The highest BCUT2D eigenvalue weighted by Gasteiger charge is 2.44. The van der Waals surface area contributed by atoms with Crippen molar-refractivity contribution in [2.75, 3.05) is 23.8 Å². The highest BCUT2D eigenvalue weighted by Crippen LogP contribution is 2.44. The molecule has 3 aliphatic rings. The van der Waals surface area contributed by atoms with Gasteiger partial charge in [0.1, 0.15) is 17.3 Å². The van der Waals surface area contributed by atoms with Gasteiger partial charge >= 0.3 is 6.01 Å². The molecule has 5 aromatic rings. The standard InChI is InChI=1S/C26H26FN9O/c1-29-20-6-14(27)5-17-22-24(31-23(17)20)32-26(33-25(22)35-10-13-4-15(35)7-18(13)28)37-16-9-30-21-8-19(12-2-3-12)34-36(21)11-16/h5-6,8-9,11-13,15,18,29H,2-4,7,10,28H2,1H3,(H,31,32,33). The van der Waals surface area contributed by atoms with Crippen molar-refractivity contribution in [3.8, 4) is 11.8 Å². The third-order valence-corrected chi connectivity index (χ3v) is 8.14. The molecule has 37 heavy (non-hydrogen) atoms. The first-order valence-corrected chi connectivity index (χ1v) is 12.8. The van der Waals surface area contributed by atoms with Crippen LogP contribution in [0.4, 0.5) is 15.9 Å². The Labute approximate surface area is 211 Å². The zero-order chi connectivity index (χ0) is 24.8. The molecule has 3 fully saturated rings. The number of hydrogen-bond donors (Lipinski definition) is 3. The third-order valence-electron chi connectivity index (χ3n) is 8.14. The van der Waals surface area contributed by atoms with E-state index in [4.69, 9.17) is 20.4 Å². The Morgan fingerprint density at radius 2 is 2.08 bits per heavy atom.